The molecule has 2 amide bonds. The van der Waals surface area contributed by atoms with Crippen LogP contribution in [0.4, 0.5) is 5.69 Å². The minimum atomic E-state index is -0.0599. The van der Waals surface area contributed by atoms with E-state index in [2.05, 4.69) is 41.0 Å². The molecule has 2 aliphatic heterocycles. The van der Waals surface area contributed by atoms with Gasteiger partial charge in [-0.15, -0.1) is 0 Å². The standard InChI is InChI=1S/C25H31N3O3/c1-19-3-7-22(8-4-19)27-14-11-26(12-15-27)13-16-28-24(29)17-21(18-25(28)30)20-5-9-23(31-2)10-6-20/h3-10,21H,11-18H2,1-2H3. The maximum absolute atomic E-state index is 12.7. The van der Waals surface area contributed by atoms with Gasteiger partial charge in [-0.05, 0) is 36.8 Å². The molecule has 6 nitrogen and oxygen atoms in total. The van der Waals surface area contributed by atoms with Crippen LogP contribution in [0.1, 0.15) is 29.9 Å². The lowest BCUT2D eigenvalue weighted by Gasteiger charge is -2.37. The zero-order chi connectivity index (χ0) is 21.8. The summed E-state index contributed by atoms with van der Waals surface area (Å²) >= 11 is 0. The van der Waals surface area contributed by atoms with Crippen LogP contribution >= 0.6 is 0 Å². The second-order valence-electron chi connectivity index (χ2n) is 8.48. The summed E-state index contributed by atoms with van der Waals surface area (Å²) in [4.78, 5) is 31.6. The Morgan fingerprint density at radius 3 is 2.03 bits per heavy atom. The monoisotopic (exact) mass is 421 g/mol. The first kappa shape index (κ1) is 21.4. The van der Waals surface area contributed by atoms with Crippen LogP contribution in [0.5, 0.6) is 5.75 Å². The van der Waals surface area contributed by atoms with E-state index in [-0.39, 0.29) is 17.7 Å². The fourth-order valence-electron chi connectivity index (χ4n) is 4.44. The zero-order valence-electron chi connectivity index (χ0n) is 18.4. The minimum absolute atomic E-state index is 0.0415. The average molecular weight is 422 g/mol. The Morgan fingerprint density at radius 2 is 1.45 bits per heavy atom. The van der Waals surface area contributed by atoms with E-state index in [0.29, 0.717) is 19.4 Å². The number of rotatable bonds is 6. The predicted octanol–water partition coefficient (Wildman–Crippen LogP) is 3.06. The van der Waals surface area contributed by atoms with Crippen LogP contribution in [0.3, 0.4) is 0 Å². The summed E-state index contributed by atoms with van der Waals surface area (Å²) in [5.41, 5.74) is 3.55. The summed E-state index contributed by atoms with van der Waals surface area (Å²) in [6.45, 7) is 7.14. The Labute approximate surface area is 184 Å². The van der Waals surface area contributed by atoms with Crippen LogP contribution in [0.2, 0.25) is 0 Å². The summed E-state index contributed by atoms with van der Waals surface area (Å²) in [7, 11) is 1.63. The molecule has 0 N–H and O–H groups in total. The fourth-order valence-corrected chi connectivity index (χ4v) is 4.44. The van der Waals surface area contributed by atoms with E-state index in [9.17, 15) is 9.59 Å². The number of methoxy groups -OCH3 is 1. The van der Waals surface area contributed by atoms with Gasteiger partial charge >= 0.3 is 0 Å². The van der Waals surface area contributed by atoms with Gasteiger partial charge in [0.25, 0.3) is 0 Å². The van der Waals surface area contributed by atoms with Crippen molar-refractivity contribution >= 4 is 17.5 Å². The maximum Gasteiger partial charge on any atom is 0.229 e. The number of ether oxygens (including phenoxy) is 1. The number of likely N-dealkylation sites (tertiary alicyclic amines) is 1. The van der Waals surface area contributed by atoms with Gasteiger partial charge in [0.1, 0.15) is 5.75 Å². The molecule has 164 valence electrons. The van der Waals surface area contributed by atoms with E-state index in [4.69, 9.17) is 4.74 Å². The minimum Gasteiger partial charge on any atom is -0.497 e. The lowest BCUT2D eigenvalue weighted by Crippen LogP contribution is -2.51. The maximum atomic E-state index is 12.7. The highest BCUT2D eigenvalue weighted by atomic mass is 16.5. The highest BCUT2D eigenvalue weighted by molar-refractivity contribution is 5.98. The van der Waals surface area contributed by atoms with E-state index in [1.165, 1.54) is 16.2 Å². The number of nitrogens with zero attached hydrogens (tertiary/aromatic N) is 3. The van der Waals surface area contributed by atoms with Crippen molar-refractivity contribution in [1.29, 1.82) is 0 Å². The van der Waals surface area contributed by atoms with Gasteiger partial charge in [0.2, 0.25) is 11.8 Å². The van der Waals surface area contributed by atoms with Crippen molar-refractivity contribution in [3.8, 4) is 5.75 Å². The molecule has 2 saturated heterocycles. The van der Waals surface area contributed by atoms with E-state index in [1.807, 2.05) is 24.3 Å². The molecule has 0 spiro atoms. The molecule has 0 aromatic heterocycles. The van der Waals surface area contributed by atoms with Crippen molar-refractivity contribution in [1.82, 2.24) is 9.80 Å². The second kappa shape index (κ2) is 9.52. The summed E-state index contributed by atoms with van der Waals surface area (Å²) in [5.74, 6) is 0.618. The Morgan fingerprint density at radius 1 is 0.839 bits per heavy atom. The third kappa shape index (κ3) is 5.07. The van der Waals surface area contributed by atoms with Crippen LogP contribution in [0.25, 0.3) is 0 Å². The fraction of sp³-hybridized carbons (Fsp3) is 0.440. The second-order valence-corrected chi connectivity index (χ2v) is 8.48. The first-order valence-corrected chi connectivity index (χ1v) is 11.0. The molecule has 2 aromatic carbocycles. The van der Waals surface area contributed by atoms with Gasteiger partial charge in [-0.3, -0.25) is 19.4 Å². The SMILES string of the molecule is COc1ccc(C2CC(=O)N(CCN3CCN(c4ccc(C)cc4)CC3)C(=O)C2)cc1. The normalized spacial score (nSPS) is 18.5. The van der Waals surface area contributed by atoms with E-state index < -0.39 is 0 Å². The molecule has 0 saturated carbocycles. The predicted molar refractivity (Wildman–Crippen MR) is 122 cm³/mol. The molecular formula is C25H31N3O3. The number of carbonyl (C=O) groups excluding carboxylic acids is 2. The van der Waals surface area contributed by atoms with Gasteiger partial charge in [0, 0.05) is 63.7 Å². The number of imide groups is 1. The molecule has 0 radical (unpaired) electrons. The molecule has 0 atom stereocenters. The van der Waals surface area contributed by atoms with E-state index >= 15 is 0 Å². The van der Waals surface area contributed by atoms with Crippen LogP contribution in [-0.2, 0) is 9.59 Å². The van der Waals surface area contributed by atoms with Crippen molar-refractivity contribution in [2.45, 2.75) is 25.7 Å². The van der Waals surface area contributed by atoms with Gasteiger partial charge in [0.15, 0.2) is 0 Å². The Bertz CT molecular complexity index is 885. The molecule has 0 unspecified atom stereocenters. The molecule has 2 fully saturated rings. The molecule has 31 heavy (non-hydrogen) atoms. The Hall–Kier alpha value is -2.86. The molecule has 6 heteroatoms. The smallest absolute Gasteiger partial charge is 0.229 e. The van der Waals surface area contributed by atoms with Crippen molar-refractivity contribution in [3.63, 3.8) is 0 Å². The van der Waals surface area contributed by atoms with Crippen molar-refractivity contribution in [2.24, 2.45) is 0 Å². The summed E-state index contributed by atoms with van der Waals surface area (Å²) in [6, 6.07) is 16.3. The van der Waals surface area contributed by atoms with Crippen molar-refractivity contribution in [2.75, 3.05) is 51.3 Å². The number of hydrogen-bond donors (Lipinski definition) is 0. The lowest BCUT2D eigenvalue weighted by atomic mass is 9.88. The van der Waals surface area contributed by atoms with Crippen molar-refractivity contribution < 1.29 is 14.3 Å². The van der Waals surface area contributed by atoms with Crippen LogP contribution < -0.4 is 9.64 Å². The molecule has 2 heterocycles. The summed E-state index contributed by atoms with van der Waals surface area (Å²) in [6.07, 6.45) is 0.776. The highest BCUT2D eigenvalue weighted by Crippen LogP contribution is 2.30. The lowest BCUT2D eigenvalue weighted by molar-refractivity contribution is -0.148. The molecule has 2 aliphatic rings. The largest absolute Gasteiger partial charge is 0.497 e. The number of carbonyl (C=O) groups is 2. The molecule has 0 bridgehead atoms. The number of piperazine rings is 1. The van der Waals surface area contributed by atoms with Crippen molar-refractivity contribution in [3.05, 3.63) is 59.7 Å². The quantitative estimate of drug-likeness (QED) is 0.671. The Kier molecular flexibility index (Phi) is 6.56. The van der Waals surface area contributed by atoms with Gasteiger partial charge in [-0.1, -0.05) is 29.8 Å². The van der Waals surface area contributed by atoms with Crippen LogP contribution in [-0.4, -0.2) is 68.0 Å². The number of aryl methyl sites for hydroxylation is 1. The van der Waals surface area contributed by atoms with E-state index in [0.717, 1.165) is 44.0 Å². The average Bonchev–Trinajstić information content (AvgIpc) is 2.79. The summed E-state index contributed by atoms with van der Waals surface area (Å²) < 4.78 is 5.19. The first-order valence-electron chi connectivity index (χ1n) is 11.0. The summed E-state index contributed by atoms with van der Waals surface area (Å²) in [5, 5.41) is 0. The number of piperidine rings is 1. The molecule has 4 rings (SSSR count). The highest BCUT2D eigenvalue weighted by Gasteiger charge is 2.33. The molecular weight excluding hydrogens is 390 g/mol. The number of anilines is 1. The third-order valence-electron chi connectivity index (χ3n) is 6.44. The third-order valence-corrected chi connectivity index (χ3v) is 6.44. The first-order chi connectivity index (χ1) is 15.0. The topological polar surface area (TPSA) is 53.1 Å². The molecule has 0 aliphatic carbocycles. The van der Waals surface area contributed by atoms with Gasteiger partial charge in [0.05, 0.1) is 7.11 Å². The van der Waals surface area contributed by atoms with Crippen LogP contribution in [0.15, 0.2) is 48.5 Å². The zero-order valence-corrected chi connectivity index (χ0v) is 18.4. The number of benzene rings is 2. The number of hydrogen-bond acceptors (Lipinski definition) is 5. The Balaban J connectivity index is 1.26. The van der Waals surface area contributed by atoms with E-state index in [1.54, 1.807) is 7.11 Å². The van der Waals surface area contributed by atoms with Gasteiger partial charge < -0.3 is 9.64 Å². The van der Waals surface area contributed by atoms with Gasteiger partial charge in [-0.25, -0.2) is 0 Å². The number of amides is 2. The van der Waals surface area contributed by atoms with Crippen LogP contribution in [0, 0.1) is 6.92 Å². The molecule has 2 aromatic rings. The van der Waals surface area contributed by atoms with Gasteiger partial charge in [-0.2, -0.15) is 0 Å².